The molecule has 4 rings (SSSR count). The molecular formula is C17H18FN3O2. The summed E-state index contributed by atoms with van der Waals surface area (Å²) < 4.78 is 21.5. The van der Waals surface area contributed by atoms with Crippen molar-refractivity contribution in [2.75, 3.05) is 11.9 Å². The fourth-order valence-corrected chi connectivity index (χ4v) is 3.24. The third-order valence-corrected chi connectivity index (χ3v) is 4.55. The molecule has 2 aliphatic rings. The van der Waals surface area contributed by atoms with Crippen molar-refractivity contribution in [2.24, 2.45) is 11.8 Å². The molecule has 1 aromatic heterocycles. The van der Waals surface area contributed by atoms with Gasteiger partial charge in [0.15, 0.2) is 0 Å². The lowest BCUT2D eigenvalue weighted by Gasteiger charge is -2.19. The van der Waals surface area contributed by atoms with Crippen LogP contribution < -0.4 is 5.32 Å². The molecule has 2 heterocycles. The second kappa shape index (κ2) is 5.77. The Bertz CT molecular complexity index is 713. The van der Waals surface area contributed by atoms with Gasteiger partial charge in [-0.2, -0.15) is 5.10 Å². The Morgan fingerprint density at radius 2 is 2.17 bits per heavy atom. The first-order valence-corrected chi connectivity index (χ1v) is 7.95. The van der Waals surface area contributed by atoms with Gasteiger partial charge in [0.25, 0.3) is 0 Å². The summed E-state index contributed by atoms with van der Waals surface area (Å²) in [6.07, 6.45) is 6.24. The van der Waals surface area contributed by atoms with Crippen LogP contribution in [0.15, 0.2) is 36.7 Å². The van der Waals surface area contributed by atoms with E-state index in [1.54, 1.807) is 35.3 Å². The van der Waals surface area contributed by atoms with Gasteiger partial charge in [-0.1, -0.05) is 6.07 Å². The van der Waals surface area contributed by atoms with Gasteiger partial charge in [-0.3, -0.25) is 4.79 Å². The van der Waals surface area contributed by atoms with Crippen molar-refractivity contribution < 1.29 is 13.9 Å². The maximum Gasteiger partial charge on any atom is 0.230 e. The highest BCUT2D eigenvalue weighted by molar-refractivity contribution is 5.95. The number of halogens is 1. The first-order chi connectivity index (χ1) is 11.2. The molecule has 5 nitrogen and oxygen atoms in total. The smallest absolute Gasteiger partial charge is 0.230 e. The highest BCUT2D eigenvalue weighted by Gasteiger charge is 2.44. The number of hydrogen-bond acceptors (Lipinski definition) is 3. The van der Waals surface area contributed by atoms with Gasteiger partial charge in [-0.15, -0.1) is 0 Å². The minimum absolute atomic E-state index is 0.0186. The Hall–Kier alpha value is -2.21. The second-order valence-electron chi connectivity index (χ2n) is 6.14. The van der Waals surface area contributed by atoms with Crippen LogP contribution in [0.1, 0.15) is 19.3 Å². The van der Waals surface area contributed by atoms with E-state index in [9.17, 15) is 9.18 Å². The van der Waals surface area contributed by atoms with Crippen LogP contribution >= 0.6 is 0 Å². The third kappa shape index (κ3) is 2.74. The van der Waals surface area contributed by atoms with Gasteiger partial charge in [0.1, 0.15) is 11.5 Å². The number of para-hydroxylation sites is 1. The van der Waals surface area contributed by atoms with E-state index in [1.165, 1.54) is 6.07 Å². The lowest BCUT2D eigenvalue weighted by Crippen LogP contribution is -2.31. The van der Waals surface area contributed by atoms with E-state index < -0.39 is 5.82 Å². The number of carbonyl (C=O) groups excluding carboxylic acids is 1. The summed E-state index contributed by atoms with van der Waals surface area (Å²) >= 11 is 0. The zero-order valence-electron chi connectivity index (χ0n) is 12.6. The topological polar surface area (TPSA) is 56.2 Å². The summed E-state index contributed by atoms with van der Waals surface area (Å²) in [5.41, 5.74) is 0.688. The summed E-state index contributed by atoms with van der Waals surface area (Å²) in [4.78, 5) is 12.6. The molecule has 1 saturated heterocycles. The van der Waals surface area contributed by atoms with E-state index >= 15 is 0 Å². The van der Waals surface area contributed by atoms with E-state index in [4.69, 9.17) is 4.74 Å². The third-order valence-electron chi connectivity index (χ3n) is 4.55. The first-order valence-electron chi connectivity index (χ1n) is 7.95. The molecule has 120 valence electrons. The molecule has 1 aliphatic heterocycles. The van der Waals surface area contributed by atoms with Crippen molar-refractivity contribution in [3.63, 3.8) is 0 Å². The minimum Gasteiger partial charge on any atom is -0.377 e. The summed E-state index contributed by atoms with van der Waals surface area (Å²) in [5.74, 6) is -0.349. The van der Waals surface area contributed by atoms with Crippen molar-refractivity contribution in [3.05, 3.63) is 42.5 Å². The number of nitrogens with one attached hydrogen (secondary N) is 1. The Morgan fingerprint density at radius 3 is 2.91 bits per heavy atom. The molecule has 23 heavy (non-hydrogen) atoms. The van der Waals surface area contributed by atoms with E-state index in [-0.39, 0.29) is 23.6 Å². The van der Waals surface area contributed by atoms with Gasteiger partial charge < -0.3 is 10.1 Å². The molecule has 1 aromatic carbocycles. The van der Waals surface area contributed by atoms with Crippen molar-refractivity contribution in [1.82, 2.24) is 9.78 Å². The molecule has 0 bridgehead atoms. The standard InChI is InChI=1S/C17H18FN3O2/c18-13-3-1-4-14(21-9-2-8-19-21)15(13)20-17(22)12-7-10-23-16(12)11-5-6-11/h1-4,8-9,11-12,16H,5-7,10H2,(H,20,22)/t12-,16+/m1/s1. The lowest BCUT2D eigenvalue weighted by molar-refractivity contribution is -0.121. The molecule has 0 unspecified atom stereocenters. The highest BCUT2D eigenvalue weighted by Crippen LogP contribution is 2.42. The lowest BCUT2D eigenvalue weighted by atomic mass is 9.97. The first kappa shape index (κ1) is 14.4. The average molecular weight is 315 g/mol. The summed E-state index contributed by atoms with van der Waals surface area (Å²) in [6.45, 7) is 0.600. The van der Waals surface area contributed by atoms with Crippen molar-refractivity contribution >= 4 is 11.6 Å². The molecule has 1 amide bonds. The van der Waals surface area contributed by atoms with E-state index in [1.807, 2.05) is 0 Å². The van der Waals surface area contributed by atoms with Crippen LogP contribution in [0.4, 0.5) is 10.1 Å². The number of hydrogen-bond donors (Lipinski definition) is 1. The molecule has 2 fully saturated rings. The number of benzene rings is 1. The predicted molar refractivity (Wildman–Crippen MR) is 82.7 cm³/mol. The molecule has 0 radical (unpaired) electrons. The van der Waals surface area contributed by atoms with E-state index in [2.05, 4.69) is 10.4 Å². The largest absolute Gasteiger partial charge is 0.377 e. The number of aromatic nitrogens is 2. The van der Waals surface area contributed by atoms with Gasteiger partial charge in [0.2, 0.25) is 5.91 Å². The van der Waals surface area contributed by atoms with Crippen LogP contribution in [0, 0.1) is 17.7 Å². The van der Waals surface area contributed by atoms with Gasteiger partial charge in [-0.05, 0) is 43.4 Å². The molecule has 1 saturated carbocycles. The normalized spacial score (nSPS) is 23.9. The molecule has 2 aromatic rings. The van der Waals surface area contributed by atoms with Gasteiger partial charge in [-0.25, -0.2) is 9.07 Å². The highest BCUT2D eigenvalue weighted by atomic mass is 19.1. The fraction of sp³-hybridized carbons (Fsp3) is 0.412. The Morgan fingerprint density at radius 1 is 1.30 bits per heavy atom. The molecule has 1 N–H and O–H groups in total. The quantitative estimate of drug-likeness (QED) is 0.944. The molecular weight excluding hydrogens is 297 g/mol. The zero-order valence-corrected chi connectivity index (χ0v) is 12.6. The van der Waals surface area contributed by atoms with Crippen LogP contribution in [-0.2, 0) is 9.53 Å². The number of nitrogens with zero attached hydrogens (tertiary/aromatic N) is 2. The van der Waals surface area contributed by atoms with Crippen LogP contribution in [-0.4, -0.2) is 28.4 Å². The van der Waals surface area contributed by atoms with Gasteiger partial charge in [0.05, 0.1) is 17.7 Å². The van der Waals surface area contributed by atoms with Crippen LogP contribution in [0.2, 0.25) is 0 Å². The predicted octanol–water partition coefficient (Wildman–Crippen LogP) is 2.77. The fourth-order valence-electron chi connectivity index (χ4n) is 3.24. The summed E-state index contributed by atoms with van der Waals surface area (Å²) in [5, 5.41) is 6.89. The summed E-state index contributed by atoms with van der Waals surface area (Å²) in [7, 11) is 0. The maximum absolute atomic E-state index is 14.3. The SMILES string of the molecule is O=C(Nc1c(F)cccc1-n1cccn1)[C@@H]1CCO[C@H]1C1CC1. The Balaban J connectivity index is 1.60. The molecule has 6 heteroatoms. The van der Waals surface area contributed by atoms with Gasteiger partial charge >= 0.3 is 0 Å². The number of carbonyl (C=O) groups is 1. The van der Waals surface area contributed by atoms with Crippen LogP contribution in [0.3, 0.4) is 0 Å². The van der Waals surface area contributed by atoms with Crippen LogP contribution in [0.25, 0.3) is 5.69 Å². The molecule has 2 atom stereocenters. The average Bonchev–Trinajstić information content (AvgIpc) is 3.05. The molecule has 0 spiro atoms. The number of amides is 1. The van der Waals surface area contributed by atoms with Crippen molar-refractivity contribution in [1.29, 1.82) is 0 Å². The summed E-state index contributed by atoms with van der Waals surface area (Å²) in [6, 6.07) is 6.43. The van der Waals surface area contributed by atoms with Crippen molar-refractivity contribution in [3.8, 4) is 5.69 Å². The second-order valence-corrected chi connectivity index (χ2v) is 6.14. The van der Waals surface area contributed by atoms with Crippen molar-refractivity contribution in [2.45, 2.75) is 25.4 Å². The van der Waals surface area contributed by atoms with Gasteiger partial charge in [0, 0.05) is 19.0 Å². The Labute approximate surface area is 133 Å². The maximum atomic E-state index is 14.3. The molecule has 1 aliphatic carbocycles. The zero-order chi connectivity index (χ0) is 15.8. The monoisotopic (exact) mass is 315 g/mol. The van der Waals surface area contributed by atoms with E-state index in [0.29, 0.717) is 24.6 Å². The minimum atomic E-state index is -0.465. The van der Waals surface area contributed by atoms with Crippen LogP contribution in [0.5, 0.6) is 0 Å². The number of rotatable bonds is 4. The number of anilines is 1. The number of ether oxygens (including phenoxy) is 1. The Kier molecular flexibility index (Phi) is 3.61. The van der Waals surface area contributed by atoms with E-state index in [0.717, 1.165) is 12.8 Å².